The average molecular weight is 261 g/mol. The molecule has 0 radical (unpaired) electrons. The van der Waals surface area contributed by atoms with Gasteiger partial charge in [0.1, 0.15) is 6.04 Å². The van der Waals surface area contributed by atoms with Crippen molar-refractivity contribution >= 4 is 11.7 Å². The lowest BCUT2D eigenvalue weighted by Crippen LogP contribution is -2.39. The zero-order chi connectivity index (χ0) is 14.5. The van der Waals surface area contributed by atoms with E-state index in [1.165, 1.54) is 0 Å². The van der Waals surface area contributed by atoms with Gasteiger partial charge in [0, 0.05) is 11.8 Å². The van der Waals surface area contributed by atoms with Gasteiger partial charge in [-0.25, -0.2) is 0 Å². The van der Waals surface area contributed by atoms with Crippen molar-refractivity contribution in [2.24, 2.45) is 5.41 Å². The van der Waals surface area contributed by atoms with E-state index in [2.05, 4.69) is 5.32 Å². The molecule has 0 aliphatic heterocycles. The van der Waals surface area contributed by atoms with Gasteiger partial charge in [-0.15, -0.1) is 0 Å². The lowest BCUT2D eigenvalue weighted by Gasteiger charge is -2.25. The quantitative estimate of drug-likeness (QED) is 0.884. The normalized spacial score (nSPS) is 12.8. The zero-order valence-electron chi connectivity index (χ0n) is 12.2. The molecule has 1 amide bonds. The molecule has 0 saturated heterocycles. The molecule has 3 heteroatoms. The Morgan fingerprint density at radius 1 is 1.16 bits per heavy atom. The summed E-state index contributed by atoms with van der Waals surface area (Å²) in [5.41, 5.74) is 0.354. The van der Waals surface area contributed by atoms with E-state index in [-0.39, 0.29) is 11.7 Å². The van der Waals surface area contributed by atoms with Crippen LogP contribution in [0, 0.1) is 5.41 Å². The number of benzene rings is 1. The SMILES string of the molecule is CCCC(=O)N[C@@H](C(=O)C(C)(C)C)c1ccccc1. The van der Waals surface area contributed by atoms with Crippen molar-refractivity contribution in [3.8, 4) is 0 Å². The Bertz CT molecular complexity index is 432. The smallest absolute Gasteiger partial charge is 0.220 e. The third kappa shape index (κ3) is 4.51. The molecule has 19 heavy (non-hydrogen) atoms. The van der Waals surface area contributed by atoms with Gasteiger partial charge >= 0.3 is 0 Å². The summed E-state index contributed by atoms with van der Waals surface area (Å²) in [4.78, 5) is 24.3. The Morgan fingerprint density at radius 3 is 2.21 bits per heavy atom. The molecular weight excluding hydrogens is 238 g/mol. The molecule has 3 nitrogen and oxygen atoms in total. The van der Waals surface area contributed by atoms with Crippen LogP contribution in [0.5, 0.6) is 0 Å². The second-order valence-electron chi connectivity index (χ2n) is 5.78. The number of Topliss-reactive ketones (excluding diaryl/α,β-unsaturated/α-hetero) is 1. The van der Waals surface area contributed by atoms with Crippen molar-refractivity contribution in [1.82, 2.24) is 5.32 Å². The Morgan fingerprint density at radius 2 is 1.74 bits per heavy atom. The van der Waals surface area contributed by atoms with Crippen LogP contribution in [-0.2, 0) is 9.59 Å². The first-order valence-electron chi connectivity index (χ1n) is 6.75. The van der Waals surface area contributed by atoms with Crippen LogP contribution in [-0.4, -0.2) is 11.7 Å². The molecule has 0 fully saturated rings. The predicted octanol–water partition coefficient (Wildman–Crippen LogP) is 3.26. The molecule has 0 aliphatic rings. The fraction of sp³-hybridized carbons (Fsp3) is 0.500. The second kappa shape index (κ2) is 6.50. The summed E-state index contributed by atoms with van der Waals surface area (Å²) >= 11 is 0. The monoisotopic (exact) mass is 261 g/mol. The molecule has 0 aliphatic carbocycles. The summed E-state index contributed by atoms with van der Waals surface area (Å²) in [5.74, 6) is -0.0443. The molecule has 0 saturated carbocycles. The molecule has 0 heterocycles. The van der Waals surface area contributed by atoms with E-state index < -0.39 is 11.5 Å². The highest BCUT2D eigenvalue weighted by Crippen LogP contribution is 2.25. The van der Waals surface area contributed by atoms with Gasteiger partial charge in [-0.05, 0) is 12.0 Å². The van der Waals surface area contributed by atoms with Gasteiger partial charge in [-0.3, -0.25) is 9.59 Å². The van der Waals surface area contributed by atoms with E-state index >= 15 is 0 Å². The fourth-order valence-electron chi connectivity index (χ4n) is 1.84. The number of hydrogen-bond acceptors (Lipinski definition) is 2. The van der Waals surface area contributed by atoms with Gasteiger partial charge in [0.15, 0.2) is 5.78 Å². The van der Waals surface area contributed by atoms with Crippen LogP contribution < -0.4 is 5.32 Å². The van der Waals surface area contributed by atoms with Crippen molar-refractivity contribution in [2.45, 2.75) is 46.6 Å². The third-order valence-electron chi connectivity index (χ3n) is 2.92. The van der Waals surface area contributed by atoms with E-state index in [0.29, 0.717) is 6.42 Å². The number of carbonyl (C=O) groups is 2. The van der Waals surface area contributed by atoms with Crippen LogP contribution in [0.25, 0.3) is 0 Å². The number of rotatable bonds is 5. The Kier molecular flexibility index (Phi) is 5.28. The van der Waals surface area contributed by atoms with Crippen LogP contribution in [0.2, 0.25) is 0 Å². The summed E-state index contributed by atoms with van der Waals surface area (Å²) in [6, 6.07) is 8.85. The fourth-order valence-corrected chi connectivity index (χ4v) is 1.84. The van der Waals surface area contributed by atoms with Gasteiger partial charge < -0.3 is 5.32 Å². The van der Waals surface area contributed by atoms with Crippen molar-refractivity contribution < 1.29 is 9.59 Å². The van der Waals surface area contributed by atoms with Crippen molar-refractivity contribution in [2.75, 3.05) is 0 Å². The molecule has 0 spiro atoms. The average Bonchev–Trinajstić information content (AvgIpc) is 2.35. The Hall–Kier alpha value is -1.64. The Labute approximate surface area is 115 Å². The minimum atomic E-state index is -0.555. The molecule has 0 aromatic heterocycles. The molecule has 0 unspecified atom stereocenters. The van der Waals surface area contributed by atoms with Gasteiger partial charge in [0.25, 0.3) is 0 Å². The summed E-state index contributed by atoms with van der Waals surface area (Å²) in [6.45, 7) is 7.56. The summed E-state index contributed by atoms with van der Waals surface area (Å²) in [5, 5.41) is 2.85. The first-order valence-corrected chi connectivity index (χ1v) is 6.75. The van der Waals surface area contributed by atoms with Crippen molar-refractivity contribution in [1.29, 1.82) is 0 Å². The number of amides is 1. The van der Waals surface area contributed by atoms with Crippen LogP contribution in [0.1, 0.15) is 52.1 Å². The minimum absolute atomic E-state index is 0.0307. The first kappa shape index (κ1) is 15.4. The highest BCUT2D eigenvalue weighted by molar-refractivity contribution is 5.93. The van der Waals surface area contributed by atoms with Crippen LogP contribution in [0.3, 0.4) is 0 Å². The molecule has 1 atom stereocenters. The molecule has 1 N–H and O–H groups in total. The van der Waals surface area contributed by atoms with E-state index in [1.807, 2.05) is 58.0 Å². The second-order valence-corrected chi connectivity index (χ2v) is 5.78. The van der Waals surface area contributed by atoms with E-state index in [1.54, 1.807) is 0 Å². The zero-order valence-corrected chi connectivity index (χ0v) is 12.2. The van der Waals surface area contributed by atoms with E-state index in [0.717, 1.165) is 12.0 Å². The van der Waals surface area contributed by atoms with Crippen LogP contribution in [0.15, 0.2) is 30.3 Å². The molecule has 1 aromatic rings. The predicted molar refractivity (Wildman–Crippen MR) is 76.7 cm³/mol. The molecular formula is C16H23NO2. The maximum atomic E-state index is 12.5. The number of nitrogens with one attached hydrogen (secondary N) is 1. The van der Waals surface area contributed by atoms with Crippen LogP contribution in [0.4, 0.5) is 0 Å². The van der Waals surface area contributed by atoms with Gasteiger partial charge in [0.05, 0.1) is 0 Å². The lowest BCUT2D eigenvalue weighted by molar-refractivity contribution is -0.132. The number of carbonyl (C=O) groups excluding carboxylic acids is 2. The molecule has 0 bridgehead atoms. The Balaban J connectivity index is 2.99. The number of hydrogen-bond donors (Lipinski definition) is 1. The lowest BCUT2D eigenvalue weighted by atomic mass is 9.84. The first-order chi connectivity index (χ1) is 8.86. The van der Waals surface area contributed by atoms with Gasteiger partial charge in [0.2, 0.25) is 5.91 Å². The third-order valence-corrected chi connectivity index (χ3v) is 2.92. The summed E-state index contributed by atoms with van der Waals surface area (Å²) < 4.78 is 0. The largest absolute Gasteiger partial charge is 0.342 e. The highest BCUT2D eigenvalue weighted by Gasteiger charge is 2.31. The topological polar surface area (TPSA) is 46.2 Å². The minimum Gasteiger partial charge on any atom is -0.342 e. The van der Waals surface area contributed by atoms with Crippen molar-refractivity contribution in [3.05, 3.63) is 35.9 Å². The molecule has 1 aromatic carbocycles. The highest BCUT2D eigenvalue weighted by atomic mass is 16.2. The summed E-state index contributed by atoms with van der Waals surface area (Å²) in [6.07, 6.45) is 1.22. The maximum absolute atomic E-state index is 12.5. The molecule has 1 rings (SSSR count). The summed E-state index contributed by atoms with van der Waals surface area (Å²) in [7, 11) is 0. The van der Waals surface area contributed by atoms with E-state index in [4.69, 9.17) is 0 Å². The standard InChI is InChI=1S/C16H23NO2/c1-5-9-13(18)17-14(15(19)16(2,3)4)12-10-7-6-8-11-12/h6-8,10-11,14H,5,9H2,1-4H3,(H,17,18)/t14-/m1/s1. The maximum Gasteiger partial charge on any atom is 0.220 e. The van der Waals surface area contributed by atoms with Crippen molar-refractivity contribution in [3.63, 3.8) is 0 Å². The van der Waals surface area contributed by atoms with Gasteiger partial charge in [-0.1, -0.05) is 58.0 Å². The molecule has 104 valence electrons. The van der Waals surface area contributed by atoms with Gasteiger partial charge in [-0.2, -0.15) is 0 Å². The van der Waals surface area contributed by atoms with E-state index in [9.17, 15) is 9.59 Å². The van der Waals surface area contributed by atoms with Crippen LogP contribution >= 0.6 is 0 Å². The number of ketones is 1.